The summed E-state index contributed by atoms with van der Waals surface area (Å²) in [6.45, 7) is 8.09. The second-order valence-electron chi connectivity index (χ2n) is 9.15. The third kappa shape index (κ3) is 5.76. The van der Waals surface area contributed by atoms with Crippen LogP contribution in [0.15, 0.2) is 30.3 Å². The molecule has 2 aromatic rings. The molecule has 2 heterocycles. The first-order valence-electron chi connectivity index (χ1n) is 10.5. The highest BCUT2D eigenvalue weighted by Crippen LogP contribution is 2.33. The van der Waals surface area contributed by atoms with Crippen LogP contribution < -0.4 is 0 Å². The summed E-state index contributed by atoms with van der Waals surface area (Å²) in [5, 5.41) is 19.2. The van der Waals surface area contributed by atoms with Gasteiger partial charge in [0.1, 0.15) is 11.7 Å². The highest BCUT2D eigenvalue weighted by atomic mass is 19.4. The maximum absolute atomic E-state index is 12.8. The SMILES string of the molecule is Cc1cc([C@H](O)[C@@H]2CCCN(C(=O)OC(C)(C)C)C2)nnc1-c1ccc(C(F)(F)F)cc1. The summed E-state index contributed by atoms with van der Waals surface area (Å²) in [4.78, 5) is 14.0. The van der Waals surface area contributed by atoms with Gasteiger partial charge in [-0.05, 0) is 64.3 Å². The molecule has 9 heteroatoms. The van der Waals surface area contributed by atoms with Gasteiger partial charge in [0.2, 0.25) is 0 Å². The largest absolute Gasteiger partial charge is 0.444 e. The molecule has 0 spiro atoms. The van der Waals surface area contributed by atoms with Crippen LogP contribution in [0.3, 0.4) is 0 Å². The summed E-state index contributed by atoms with van der Waals surface area (Å²) in [5.41, 5.74) is 0.694. The molecule has 1 aliphatic rings. The number of carbonyl (C=O) groups excluding carboxylic acids is 1. The Hall–Kier alpha value is -2.68. The Labute approximate surface area is 185 Å². The number of amides is 1. The Bertz CT molecular complexity index is 956. The zero-order valence-corrected chi connectivity index (χ0v) is 18.6. The van der Waals surface area contributed by atoms with Crippen LogP contribution in [0.4, 0.5) is 18.0 Å². The molecule has 1 aromatic heterocycles. The Morgan fingerprint density at radius 2 is 1.84 bits per heavy atom. The van der Waals surface area contributed by atoms with Crippen molar-refractivity contribution >= 4 is 6.09 Å². The molecular weight excluding hydrogens is 423 g/mol. The number of halogens is 3. The van der Waals surface area contributed by atoms with Gasteiger partial charge in [0.15, 0.2) is 0 Å². The number of hydrogen-bond acceptors (Lipinski definition) is 5. The highest BCUT2D eigenvalue weighted by molar-refractivity contribution is 5.68. The quantitative estimate of drug-likeness (QED) is 0.698. The molecule has 2 atom stereocenters. The lowest BCUT2D eigenvalue weighted by Gasteiger charge is -2.35. The lowest BCUT2D eigenvalue weighted by Crippen LogP contribution is -2.44. The van der Waals surface area contributed by atoms with Gasteiger partial charge in [0, 0.05) is 24.6 Å². The number of piperidine rings is 1. The third-order valence-electron chi connectivity index (χ3n) is 5.35. The summed E-state index contributed by atoms with van der Waals surface area (Å²) >= 11 is 0. The number of ether oxygens (including phenoxy) is 1. The summed E-state index contributed by atoms with van der Waals surface area (Å²) in [6.07, 6.45) is -4.28. The fourth-order valence-corrected chi connectivity index (χ4v) is 3.75. The van der Waals surface area contributed by atoms with Crippen molar-refractivity contribution in [3.05, 3.63) is 47.2 Å². The molecule has 1 saturated heterocycles. The zero-order valence-electron chi connectivity index (χ0n) is 18.6. The van der Waals surface area contributed by atoms with E-state index in [-0.39, 0.29) is 5.92 Å². The molecule has 0 bridgehead atoms. The minimum Gasteiger partial charge on any atom is -0.444 e. The van der Waals surface area contributed by atoms with Gasteiger partial charge in [-0.15, -0.1) is 5.10 Å². The molecule has 3 rings (SSSR count). The number of alkyl halides is 3. The molecule has 1 aromatic carbocycles. The molecular formula is C23H28F3N3O3. The summed E-state index contributed by atoms with van der Waals surface area (Å²) in [6, 6.07) is 6.42. The molecule has 0 saturated carbocycles. The topological polar surface area (TPSA) is 75.5 Å². The van der Waals surface area contributed by atoms with Crippen LogP contribution in [0.2, 0.25) is 0 Å². The van der Waals surface area contributed by atoms with Crippen molar-refractivity contribution in [2.45, 2.75) is 58.4 Å². The van der Waals surface area contributed by atoms with Gasteiger partial charge in [-0.25, -0.2) is 4.79 Å². The number of benzene rings is 1. The van der Waals surface area contributed by atoms with Crippen LogP contribution in [0.5, 0.6) is 0 Å². The summed E-state index contributed by atoms with van der Waals surface area (Å²) < 4.78 is 43.8. The van der Waals surface area contributed by atoms with Gasteiger partial charge in [0.25, 0.3) is 0 Å². The van der Waals surface area contributed by atoms with Gasteiger partial charge in [-0.3, -0.25) is 0 Å². The molecule has 0 aliphatic carbocycles. The molecule has 0 unspecified atom stereocenters. The first kappa shape index (κ1) is 24.0. The lowest BCUT2D eigenvalue weighted by molar-refractivity contribution is -0.137. The van der Waals surface area contributed by atoms with Crippen LogP contribution in [-0.4, -0.2) is 45.0 Å². The summed E-state index contributed by atoms with van der Waals surface area (Å²) in [7, 11) is 0. The monoisotopic (exact) mass is 451 g/mol. The second-order valence-corrected chi connectivity index (χ2v) is 9.15. The van der Waals surface area contributed by atoms with Gasteiger partial charge in [0.05, 0.1) is 17.0 Å². The normalized spacial score (nSPS) is 18.4. The van der Waals surface area contributed by atoms with Crippen molar-refractivity contribution in [1.29, 1.82) is 0 Å². The number of carbonyl (C=O) groups is 1. The van der Waals surface area contributed by atoms with Crippen LogP contribution in [-0.2, 0) is 10.9 Å². The van der Waals surface area contributed by atoms with E-state index in [0.29, 0.717) is 35.6 Å². The van der Waals surface area contributed by atoms with Gasteiger partial charge < -0.3 is 14.7 Å². The minimum atomic E-state index is -4.40. The summed E-state index contributed by atoms with van der Waals surface area (Å²) in [5.74, 6) is -0.220. The average Bonchev–Trinajstić information content (AvgIpc) is 2.71. The fourth-order valence-electron chi connectivity index (χ4n) is 3.75. The molecule has 32 heavy (non-hydrogen) atoms. The zero-order chi connectivity index (χ0) is 23.7. The Morgan fingerprint density at radius 1 is 1.19 bits per heavy atom. The van der Waals surface area contributed by atoms with E-state index in [9.17, 15) is 23.1 Å². The van der Waals surface area contributed by atoms with Crippen molar-refractivity contribution < 1.29 is 27.8 Å². The van der Waals surface area contributed by atoms with Crippen LogP contribution in [0.1, 0.15) is 56.5 Å². The van der Waals surface area contributed by atoms with Crippen LogP contribution >= 0.6 is 0 Å². The third-order valence-corrected chi connectivity index (χ3v) is 5.35. The Balaban J connectivity index is 1.73. The van der Waals surface area contributed by atoms with Crippen molar-refractivity contribution in [3.8, 4) is 11.3 Å². The van der Waals surface area contributed by atoms with E-state index < -0.39 is 29.5 Å². The average molecular weight is 451 g/mol. The van der Waals surface area contributed by atoms with Gasteiger partial charge in [-0.2, -0.15) is 18.3 Å². The number of rotatable bonds is 3. The van der Waals surface area contributed by atoms with Crippen molar-refractivity contribution in [1.82, 2.24) is 15.1 Å². The highest BCUT2D eigenvalue weighted by Gasteiger charge is 2.33. The van der Waals surface area contributed by atoms with Crippen LogP contribution in [0.25, 0.3) is 11.3 Å². The van der Waals surface area contributed by atoms with E-state index in [4.69, 9.17) is 4.74 Å². The molecule has 1 N–H and O–H groups in total. The molecule has 1 amide bonds. The molecule has 174 valence electrons. The maximum atomic E-state index is 12.8. The number of aromatic nitrogens is 2. The number of aryl methyl sites for hydroxylation is 1. The first-order valence-corrected chi connectivity index (χ1v) is 10.5. The molecule has 1 aliphatic heterocycles. The maximum Gasteiger partial charge on any atom is 0.416 e. The smallest absolute Gasteiger partial charge is 0.416 e. The fraction of sp³-hybridized carbons (Fsp3) is 0.522. The molecule has 1 fully saturated rings. The molecule has 6 nitrogen and oxygen atoms in total. The predicted molar refractivity (Wildman–Crippen MR) is 113 cm³/mol. The standard InChI is InChI=1S/C23H28F3N3O3/c1-14-12-18(27-28-19(14)15-7-9-17(10-8-15)23(24,25)26)20(30)16-6-5-11-29(13-16)21(31)32-22(2,3)4/h7-10,12,16,20,30H,5-6,11,13H2,1-4H3/t16-,20-/m1/s1. The number of nitrogens with zero attached hydrogens (tertiary/aromatic N) is 3. The van der Waals surface area contributed by atoms with E-state index >= 15 is 0 Å². The van der Waals surface area contributed by atoms with E-state index in [1.54, 1.807) is 38.7 Å². The van der Waals surface area contributed by atoms with Crippen molar-refractivity contribution in [2.75, 3.05) is 13.1 Å². The number of aliphatic hydroxyl groups is 1. The van der Waals surface area contributed by atoms with E-state index in [0.717, 1.165) is 25.0 Å². The number of hydrogen-bond donors (Lipinski definition) is 1. The minimum absolute atomic E-state index is 0.220. The van der Waals surface area contributed by atoms with E-state index in [2.05, 4.69) is 10.2 Å². The van der Waals surface area contributed by atoms with Crippen molar-refractivity contribution in [2.24, 2.45) is 5.92 Å². The van der Waals surface area contributed by atoms with E-state index in [1.165, 1.54) is 12.1 Å². The second kappa shape index (κ2) is 9.05. The Kier molecular flexibility index (Phi) is 6.78. The molecule has 0 radical (unpaired) electrons. The Morgan fingerprint density at radius 3 is 2.41 bits per heavy atom. The van der Waals surface area contributed by atoms with E-state index in [1.807, 2.05) is 0 Å². The van der Waals surface area contributed by atoms with Gasteiger partial charge >= 0.3 is 12.3 Å². The van der Waals surface area contributed by atoms with Gasteiger partial charge in [-0.1, -0.05) is 12.1 Å². The number of likely N-dealkylation sites (tertiary alicyclic amines) is 1. The van der Waals surface area contributed by atoms with Crippen LogP contribution in [0, 0.1) is 12.8 Å². The lowest BCUT2D eigenvalue weighted by atomic mass is 9.90. The number of aliphatic hydroxyl groups excluding tert-OH is 1. The first-order chi connectivity index (χ1) is 14.8. The predicted octanol–water partition coefficient (Wildman–Crippen LogP) is 5.15. The van der Waals surface area contributed by atoms with Crippen molar-refractivity contribution in [3.63, 3.8) is 0 Å².